The average molecular weight is 277 g/mol. The molecule has 1 unspecified atom stereocenters. The third-order valence-corrected chi connectivity index (χ3v) is 3.40. The molecule has 0 aliphatic heterocycles. The lowest BCUT2D eigenvalue weighted by molar-refractivity contribution is 0.0319. The predicted molar refractivity (Wildman–Crippen MR) is 82.8 cm³/mol. The first-order valence-electron chi connectivity index (χ1n) is 7.67. The van der Waals surface area contributed by atoms with Crippen molar-refractivity contribution in [2.75, 3.05) is 6.54 Å². The molecule has 2 N–H and O–H groups in total. The lowest BCUT2D eigenvalue weighted by Crippen LogP contribution is -2.15. The van der Waals surface area contributed by atoms with Crippen LogP contribution in [-0.4, -0.2) is 18.6 Å². The van der Waals surface area contributed by atoms with Crippen molar-refractivity contribution >= 4 is 5.97 Å². The molecule has 0 saturated carbocycles. The van der Waals surface area contributed by atoms with Gasteiger partial charge in [-0.05, 0) is 50.4 Å². The summed E-state index contributed by atoms with van der Waals surface area (Å²) < 4.78 is 5.45. The molecule has 0 fully saturated rings. The van der Waals surface area contributed by atoms with Gasteiger partial charge in [0.05, 0.1) is 11.7 Å². The van der Waals surface area contributed by atoms with Crippen molar-refractivity contribution in [1.82, 2.24) is 0 Å². The van der Waals surface area contributed by atoms with Gasteiger partial charge in [0, 0.05) is 0 Å². The largest absolute Gasteiger partial charge is 0.459 e. The van der Waals surface area contributed by atoms with Crippen LogP contribution in [0.1, 0.15) is 61.9 Å². The number of unbranched alkanes of at least 4 members (excludes halogenated alkanes) is 3. The normalized spacial score (nSPS) is 12.2. The number of ether oxygens (including phenoxy) is 1. The van der Waals surface area contributed by atoms with E-state index in [1.54, 1.807) is 0 Å². The maximum atomic E-state index is 12.0. The Kier molecular flexibility index (Phi) is 7.97. The minimum absolute atomic E-state index is 0.0110. The number of carbonyl (C=O) groups excluding carboxylic acids is 1. The van der Waals surface area contributed by atoms with Crippen molar-refractivity contribution < 1.29 is 9.53 Å². The van der Waals surface area contributed by atoms with Gasteiger partial charge in [-0.1, -0.05) is 38.3 Å². The Morgan fingerprint density at radius 1 is 1.20 bits per heavy atom. The van der Waals surface area contributed by atoms with Crippen LogP contribution in [0.15, 0.2) is 24.3 Å². The fourth-order valence-electron chi connectivity index (χ4n) is 2.14. The highest BCUT2D eigenvalue weighted by Crippen LogP contribution is 2.12. The topological polar surface area (TPSA) is 52.3 Å². The van der Waals surface area contributed by atoms with Gasteiger partial charge in [-0.15, -0.1) is 0 Å². The molecule has 0 heterocycles. The number of hydrogen-bond donors (Lipinski definition) is 1. The number of benzene rings is 1. The van der Waals surface area contributed by atoms with Gasteiger partial charge in [0.1, 0.15) is 0 Å². The first kappa shape index (κ1) is 16.7. The maximum Gasteiger partial charge on any atom is 0.338 e. The molecule has 20 heavy (non-hydrogen) atoms. The van der Waals surface area contributed by atoms with E-state index >= 15 is 0 Å². The van der Waals surface area contributed by atoms with Gasteiger partial charge in [-0.2, -0.15) is 0 Å². The van der Waals surface area contributed by atoms with Crippen LogP contribution in [0.5, 0.6) is 0 Å². The second-order valence-electron chi connectivity index (χ2n) is 5.30. The zero-order valence-electron chi connectivity index (χ0n) is 12.7. The molecule has 0 aliphatic rings. The highest BCUT2D eigenvalue weighted by molar-refractivity contribution is 5.89. The van der Waals surface area contributed by atoms with E-state index in [0.29, 0.717) is 12.1 Å². The molecule has 0 spiro atoms. The summed E-state index contributed by atoms with van der Waals surface area (Å²) in [5.41, 5.74) is 7.27. The van der Waals surface area contributed by atoms with Gasteiger partial charge < -0.3 is 10.5 Å². The number of nitrogens with two attached hydrogens (primary N) is 1. The van der Waals surface area contributed by atoms with Crippen LogP contribution >= 0.6 is 0 Å². The maximum absolute atomic E-state index is 12.0. The van der Waals surface area contributed by atoms with Crippen LogP contribution < -0.4 is 5.73 Å². The van der Waals surface area contributed by atoms with Crippen molar-refractivity contribution in [2.45, 2.75) is 58.5 Å². The summed E-state index contributed by atoms with van der Waals surface area (Å²) in [7, 11) is 0. The van der Waals surface area contributed by atoms with Crippen molar-refractivity contribution in [3.05, 3.63) is 35.4 Å². The van der Waals surface area contributed by atoms with Gasteiger partial charge in [-0.25, -0.2) is 4.79 Å². The molecular formula is C17H27NO2. The summed E-state index contributed by atoms with van der Waals surface area (Å²) >= 11 is 0. The number of esters is 1. The molecule has 3 nitrogen and oxygen atoms in total. The van der Waals surface area contributed by atoms with Crippen molar-refractivity contribution in [3.63, 3.8) is 0 Å². The Morgan fingerprint density at radius 2 is 1.90 bits per heavy atom. The van der Waals surface area contributed by atoms with E-state index in [4.69, 9.17) is 10.5 Å². The molecule has 0 saturated heterocycles. The molecule has 1 rings (SSSR count). The summed E-state index contributed by atoms with van der Waals surface area (Å²) in [5.74, 6) is -0.229. The molecule has 3 heteroatoms. The zero-order chi connectivity index (χ0) is 14.8. The highest BCUT2D eigenvalue weighted by Gasteiger charge is 2.11. The van der Waals surface area contributed by atoms with E-state index < -0.39 is 0 Å². The smallest absolute Gasteiger partial charge is 0.338 e. The fourth-order valence-corrected chi connectivity index (χ4v) is 2.14. The number of hydrogen-bond acceptors (Lipinski definition) is 3. The molecule has 0 aliphatic carbocycles. The van der Waals surface area contributed by atoms with Gasteiger partial charge in [0.2, 0.25) is 0 Å². The lowest BCUT2D eigenvalue weighted by atomic mass is 10.1. The van der Waals surface area contributed by atoms with Crippen LogP contribution in [0.3, 0.4) is 0 Å². The Hall–Kier alpha value is -1.35. The monoisotopic (exact) mass is 277 g/mol. The third-order valence-electron chi connectivity index (χ3n) is 3.40. The second-order valence-corrected chi connectivity index (χ2v) is 5.30. The molecule has 112 valence electrons. The molecule has 0 aromatic heterocycles. The number of carbonyl (C=O) groups is 1. The summed E-state index contributed by atoms with van der Waals surface area (Å²) in [4.78, 5) is 12.0. The van der Waals surface area contributed by atoms with Gasteiger partial charge in [0.25, 0.3) is 0 Å². The first-order chi connectivity index (χ1) is 9.67. The first-order valence-corrected chi connectivity index (χ1v) is 7.67. The van der Waals surface area contributed by atoms with E-state index in [1.807, 2.05) is 31.2 Å². The Balaban J connectivity index is 2.37. The van der Waals surface area contributed by atoms with Gasteiger partial charge in [-0.3, -0.25) is 0 Å². The van der Waals surface area contributed by atoms with E-state index in [0.717, 1.165) is 24.8 Å². The highest BCUT2D eigenvalue weighted by atomic mass is 16.5. The standard InChI is InChI=1S/C17H27NO2/c1-3-4-5-6-7-14(2)20-17(19)16-10-8-15(9-11-16)12-13-18/h8-11,14H,3-7,12-13,18H2,1-2H3. The minimum atomic E-state index is -0.229. The summed E-state index contributed by atoms with van der Waals surface area (Å²) in [6, 6.07) is 7.51. The molecule has 1 aromatic rings. The van der Waals surface area contributed by atoms with Gasteiger partial charge >= 0.3 is 5.97 Å². The van der Waals surface area contributed by atoms with Crippen LogP contribution in [0.2, 0.25) is 0 Å². The molecule has 0 amide bonds. The summed E-state index contributed by atoms with van der Waals surface area (Å²) in [5, 5.41) is 0. The van der Waals surface area contributed by atoms with Crippen molar-refractivity contribution in [2.24, 2.45) is 5.73 Å². The summed E-state index contributed by atoms with van der Waals surface area (Å²) in [6.07, 6.45) is 6.58. The third kappa shape index (κ3) is 6.20. The number of rotatable bonds is 9. The average Bonchev–Trinajstić information content (AvgIpc) is 2.45. The Morgan fingerprint density at radius 3 is 2.50 bits per heavy atom. The lowest BCUT2D eigenvalue weighted by Gasteiger charge is -2.13. The van der Waals surface area contributed by atoms with E-state index in [-0.39, 0.29) is 12.1 Å². The molecule has 0 radical (unpaired) electrons. The minimum Gasteiger partial charge on any atom is -0.459 e. The van der Waals surface area contributed by atoms with Crippen LogP contribution in [0.25, 0.3) is 0 Å². The predicted octanol–water partition coefficient (Wildman–Crippen LogP) is 3.70. The SMILES string of the molecule is CCCCCCC(C)OC(=O)c1ccc(CCN)cc1. The van der Waals surface area contributed by atoms with Crippen molar-refractivity contribution in [3.8, 4) is 0 Å². The zero-order valence-corrected chi connectivity index (χ0v) is 12.7. The molecule has 0 bridgehead atoms. The Bertz CT molecular complexity index is 386. The molecule has 1 atom stereocenters. The Labute approximate surface area is 122 Å². The fraction of sp³-hybridized carbons (Fsp3) is 0.588. The van der Waals surface area contributed by atoms with Crippen molar-refractivity contribution in [1.29, 1.82) is 0 Å². The van der Waals surface area contributed by atoms with E-state index in [2.05, 4.69) is 6.92 Å². The van der Waals surface area contributed by atoms with Gasteiger partial charge in [0.15, 0.2) is 0 Å². The second kappa shape index (κ2) is 9.54. The molecule has 1 aromatic carbocycles. The molecular weight excluding hydrogens is 250 g/mol. The van der Waals surface area contributed by atoms with Crippen LogP contribution in [-0.2, 0) is 11.2 Å². The van der Waals surface area contributed by atoms with E-state index in [9.17, 15) is 4.79 Å². The quantitative estimate of drug-likeness (QED) is 0.553. The van der Waals surface area contributed by atoms with Crippen LogP contribution in [0.4, 0.5) is 0 Å². The van der Waals surface area contributed by atoms with Crippen LogP contribution in [0, 0.1) is 0 Å². The van der Waals surface area contributed by atoms with E-state index in [1.165, 1.54) is 19.3 Å². The summed E-state index contributed by atoms with van der Waals surface area (Å²) in [6.45, 7) is 4.78.